The highest BCUT2D eigenvalue weighted by Crippen LogP contribution is 2.48. The molecular formula is C21H25FN2O. The van der Waals surface area contributed by atoms with E-state index in [1.165, 1.54) is 17.7 Å². The zero-order valence-electron chi connectivity index (χ0n) is 14.8. The molecule has 2 aromatic carbocycles. The Balaban J connectivity index is 1.63. The average Bonchev–Trinajstić information content (AvgIpc) is 3.41. The van der Waals surface area contributed by atoms with Gasteiger partial charge >= 0.3 is 0 Å². The summed E-state index contributed by atoms with van der Waals surface area (Å²) in [6.07, 6.45) is 2.54. The van der Waals surface area contributed by atoms with Crippen LogP contribution >= 0.6 is 0 Å². The topological polar surface area (TPSA) is 32.3 Å². The van der Waals surface area contributed by atoms with Crippen LogP contribution in [0.1, 0.15) is 24.0 Å². The Bertz CT molecular complexity index is 708. The van der Waals surface area contributed by atoms with E-state index >= 15 is 0 Å². The monoisotopic (exact) mass is 340 g/mol. The zero-order valence-corrected chi connectivity index (χ0v) is 14.8. The van der Waals surface area contributed by atoms with E-state index < -0.39 is 5.41 Å². The van der Waals surface area contributed by atoms with E-state index in [0.29, 0.717) is 6.54 Å². The van der Waals surface area contributed by atoms with Gasteiger partial charge in [-0.15, -0.1) is 0 Å². The number of carbonyl (C=O) groups is 1. The first kappa shape index (κ1) is 17.6. The second-order valence-corrected chi connectivity index (χ2v) is 7.11. The van der Waals surface area contributed by atoms with Crippen molar-refractivity contribution < 1.29 is 9.18 Å². The lowest BCUT2D eigenvalue weighted by Gasteiger charge is -2.26. The Kier molecular flexibility index (Phi) is 5.19. The predicted molar refractivity (Wildman–Crippen MR) is 97.9 cm³/mol. The van der Waals surface area contributed by atoms with Crippen LogP contribution in [0.25, 0.3) is 0 Å². The number of hydrogen-bond donors (Lipinski definition) is 1. The fourth-order valence-electron chi connectivity index (χ4n) is 3.24. The number of likely N-dealkylation sites (N-methyl/N-ethyl adjacent to an activating group) is 1. The van der Waals surface area contributed by atoms with Crippen molar-refractivity contribution >= 4 is 5.91 Å². The molecule has 1 N–H and O–H groups in total. The van der Waals surface area contributed by atoms with Crippen LogP contribution in [0.3, 0.4) is 0 Å². The second-order valence-electron chi connectivity index (χ2n) is 7.11. The molecule has 1 aliphatic carbocycles. The van der Waals surface area contributed by atoms with E-state index in [0.717, 1.165) is 24.8 Å². The summed E-state index contributed by atoms with van der Waals surface area (Å²) in [5, 5.41) is 3.13. The molecule has 25 heavy (non-hydrogen) atoms. The van der Waals surface area contributed by atoms with Crippen LogP contribution < -0.4 is 5.32 Å². The van der Waals surface area contributed by atoms with E-state index in [1.807, 2.05) is 32.3 Å². The Labute approximate surface area is 148 Å². The fraction of sp³-hybridized carbons (Fsp3) is 0.381. The number of nitrogens with one attached hydrogen (secondary N) is 1. The molecule has 2 aromatic rings. The maximum absolute atomic E-state index is 13.1. The van der Waals surface area contributed by atoms with Gasteiger partial charge < -0.3 is 10.2 Å². The predicted octanol–water partition coefficient (Wildman–Crippen LogP) is 3.15. The van der Waals surface area contributed by atoms with Crippen molar-refractivity contribution in [1.29, 1.82) is 0 Å². The van der Waals surface area contributed by atoms with Gasteiger partial charge in [0.05, 0.1) is 5.41 Å². The molecule has 0 radical (unpaired) electrons. The first-order chi connectivity index (χ1) is 12.0. The minimum absolute atomic E-state index is 0.0546. The molecule has 132 valence electrons. The van der Waals surface area contributed by atoms with E-state index in [9.17, 15) is 9.18 Å². The quantitative estimate of drug-likeness (QED) is 0.840. The van der Waals surface area contributed by atoms with Crippen molar-refractivity contribution in [3.63, 3.8) is 0 Å². The number of halogens is 1. The molecular weight excluding hydrogens is 315 g/mol. The Morgan fingerprint density at radius 3 is 2.32 bits per heavy atom. The number of carbonyl (C=O) groups excluding carboxylic acids is 1. The lowest BCUT2D eigenvalue weighted by Crippen LogP contribution is -2.44. The third-order valence-corrected chi connectivity index (χ3v) is 5.12. The molecule has 0 aliphatic heterocycles. The van der Waals surface area contributed by atoms with Crippen molar-refractivity contribution in [2.75, 3.05) is 20.6 Å². The van der Waals surface area contributed by atoms with Crippen molar-refractivity contribution in [2.24, 2.45) is 0 Å². The molecule has 3 nitrogen and oxygen atoms in total. The zero-order chi connectivity index (χ0) is 17.9. The molecule has 0 bridgehead atoms. The molecule has 0 spiro atoms. The Hall–Kier alpha value is -2.20. The summed E-state index contributed by atoms with van der Waals surface area (Å²) >= 11 is 0. The number of amides is 1. The van der Waals surface area contributed by atoms with Gasteiger partial charge in [-0.3, -0.25) is 4.79 Å². The third-order valence-electron chi connectivity index (χ3n) is 5.12. The lowest BCUT2D eigenvalue weighted by atomic mass is 9.94. The molecule has 1 aliphatic rings. The van der Waals surface area contributed by atoms with E-state index in [2.05, 4.69) is 22.3 Å². The minimum atomic E-state index is -0.461. The van der Waals surface area contributed by atoms with E-state index in [-0.39, 0.29) is 17.8 Å². The first-order valence-corrected chi connectivity index (χ1v) is 8.76. The number of rotatable bonds is 7. The Morgan fingerprint density at radius 2 is 1.76 bits per heavy atom. The molecule has 1 unspecified atom stereocenters. The Morgan fingerprint density at radius 1 is 1.12 bits per heavy atom. The average molecular weight is 340 g/mol. The second kappa shape index (κ2) is 7.36. The van der Waals surface area contributed by atoms with Crippen molar-refractivity contribution in [3.8, 4) is 0 Å². The van der Waals surface area contributed by atoms with Crippen LogP contribution in [0, 0.1) is 5.82 Å². The minimum Gasteiger partial charge on any atom is -0.354 e. The van der Waals surface area contributed by atoms with Crippen LogP contribution in [-0.2, 0) is 16.6 Å². The van der Waals surface area contributed by atoms with Crippen molar-refractivity contribution in [2.45, 2.75) is 30.7 Å². The highest BCUT2D eigenvalue weighted by Gasteiger charge is 2.51. The molecule has 1 amide bonds. The maximum atomic E-state index is 13.1. The van der Waals surface area contributed by atoms with Gasteiger partial charge in [-0.05, 0) is 56.6 Å². The highest BCUT2D eigenvalue weighted by molar-refractivity contribution is 5.91. The lowest BCUT2D eigenvalue weighted by molar-refractivity contribution is -0.123. The molecule has 3 rings (SSSR count). The molecule has 1 atom stereocenters. The molecule has 4 heteroatoms. The van der Waals surface area contributed by atoms with Crippen molar-refractivity contribution in [1.82, 2.24) is 10.2 Å². The van der Waals surface area contributed by atoms with E-state index in [1.54, 1.807) is 12.1 Å². The van der Waals surface area contributed by atoms with Gasteiger partial charge in [-0.2, -0.15) is 0 Å². The summed E-state index contributed by atoms with van der Waals surface area (Å²) in [5.41, 5.74) is 1.71. The van der Waals surface area contributed by atoms with Crippen LogP contribution in [0.2, 0.25) is 0 Å². The van der Waals surface area contributed by atoms with Gasteiger partial charge in [0, 0.05) is 12.6 Å². The largest absolute Gasteiger partial charge is 0.354 e. The summed E-state index contributed by atoms with van der Waals surface area (Å²) < 4.78 is 13.1. The first-order valence-electron chi connectivity index (χ1n) is 8.76. The van der Waals surface area contributed by atoms with Crippen LogP contribution in [0.4, 0.5) is 4.39 Å². The van der Waals surface area contributed by atoms with Gasteiger partial charge in [-0.25, -0.2) is 4.39 Å². The smallest absolute Gasteiger partial charge is 0.230 e. The van der Waals surface area contributed by atoms with Crippen molar-refractivity contribution in [3.05, 3.63) is 71.5 Å². The molecule has 1 fully saturated rings. The fourth-order valence-corrected chi connectivity index (χ4v) is 3.24. The summed E-state index contributed by atoms with van der Waals surface area (Å²) in [4.78, 5) is 14.9. The summed E-state index contributed by atoms with van der Waals surface area (Å²) in [6, 6.07) is 16.9. The van der Waals surface area contributed by atoms with Crippen LogP contribution in [0.15, 0.2) is 54.6 Å². The highest BCUT2D eigenvalue weighted by atomic mass is 19.1. The van der Waals surface area contributed by atoms with Gasteiger partial charge in [0.2, 0.25) is 5.91 Å². The summed E-state index contributed by atoms with van der Waals surface area (Å²) in [5.74, 6) is -0.213. The van der Waals surface area contributed by atoms with Crippen LogP contribution in [0.5, 0.6) is 0 Å². The standard InChI is InChI=1S/C21H25FN2O/c1-24(2)19(14-16-6-4-3-5-7-16)15-23-20(25)21(12-13-21)17-8-10-18(22)11-9-17/h3-11,19H,12-15H2,1-2H3,(H,23,25). The van der Waals surface area contributed by atoms with Gasteiger partial charge in [0.1, 0.15) is 5.82 Å². The van der Waals surface area contributed by atoms with Gasteiger partial charge in [0.25, 0.3) is 0 Å². The SMILES string of the molecule is CN(C)C(CNC(=O)C1(c2ccc(F)cc2)CC1)Cc1ccccc1. The van der Waals surface area contributed by atoms with Crippen LogP contribution in [-0.4, -0.2) is 37.5 Å². The molecule has 1 saturated carbocycles. The summed E-state index contributed by atoms with van der Waals surface area (Å²) in [6.45, 7) is 0.601. The number of nitrogens with zero attached hydrogens (tertiary/aromatic N) is 1. The number of hydrogen-bond acceptors (Lipinski definition) is 2. The maximum Gasteiger partial charge on any atom is 0.230 e. The molecule has 0 saturated heterocycles. The molecule has 0 aromatic heterocycles. The number of benzene rings is 2. The van der Waals surface area contributed by atoms with Gasteiger partial charge in [-0.1, -0.05) is 42.5 Å². The molecule has 0 heterocycles. The third kappa shape index (κ3) is 4.07. The van der Waals surface area contributed by atoms with Gasteiger partial charge in [0.15, 0.2) is 0 Å². The normalized spacial score (nSPS) is 16.5. The van der Waals surface area contributed by atoms with E-state index in [4.69, 9.17) is 0 Å². The summed E-state index contributed by atoms with van der Waals surface area (Å²) in [7, 11) is 4.07.